The third-order valence-electron chi connectivity index (χ3n) is 2.69. The highest BCUT2D eigenvalue weighted by Crippen LogP contribution is 2.47. The third-order valence-corrected chi connectivity index (χ3v) is 2.69. The summed E-state index contributed by atoms with van der Waals surface area (Å²) in [6.45, 7) is 1.67. The number of aryl methyl sites for hydroxylation is 1. The van der Waals surface area contributed by atoms with Crippen molar-refractivity contribution in [3.8, 4) is 5.75 Å². The molecule has 0 atom stereocenters. The van der Waals surface area contributed by atoms with Crippen molar-refractivity contribution in [1.29, 1.82) is 0 Å². The van der Waals surface area contributed by atoms with Crippen LogP contribution in [0.25, 0.3) is 0 Å². The van der Waals surface area contributed by atoms with E-state index < -0.39 is 5.60 Å². The van der Waals surface area contributed by atoms with Crippen molar-refractivity contribution in [2.45, 2.75) is 25.4 Å². The van der Waals surface area contributed by atoms with Gasteiger partial charge in [-0.25, -0.2) is 4.39 Å². The van der Waals surface area contributed by atoms with Crippen molar-refractivity contribution in [3.63, 3.8) is 0 Å². The van der Waals surface area contributed by atoms with Gasteiger partial charge < -0.3 is 9.84 Å². The number of ether oxygens (including phenoxy) is 1. The summed E-state index contributed by atoms with van der Waals surface area (Å²) >= 11 is 0. The van der Waals surface area contributed by atoms with Crippen molar-refractivity contribution < 1.29 is 14.2 Å². The second kappa shape index (κ2) is 2.95. The van der Waals surface area contributed by atoms with E-state index in [2.05, 4.69) is 0 Å². The fraction of sp³-hybridized carbons (Fsp3) is 0.455. The lowest BCUT2D eigenvalue weighted by Crippen LogP contribution is -2.08. The van der Waals surface area contributed by atoms with Crippen molar-refractivity contribution in [3.05, 3.63) is 29.1 Å². The molecule has 76 valence electrons. The van der Waals surface area contributed by atoms with Gasteiger partial charge in [-0.15, -0.1) is 0 Å². The maximum Gasteiger partial charge on any atom is 0.132 e. The zero-order valence-corrected chi connectivity index (χ0v) is 8.30. The molecule has 1 aromatic carbocycles. The number of aliphatic hydroxyl groups is 1. The molecular weight excluding hydrogens is 183 g/mol. The molecule has 3 heteroatoms. The minimum atomic E-state index is -0.941. The molecule has 14 heavy (non-hydrogen) atoms. The van der Waals surface area contributed by atoms with E-state index in [1.165, 1.54) is 7.11 Å². The maximum atomic E-state index is 13.6. The van der Waals surface area contributed by atoms with Crippen LogP contribution in [-0.2, 0) is 5.60 Å². The van der Waals surface area contributed by atoms with Crippen LogP contribution in [0.5, 0.6) is 5.75 Å². The number of halogens is 1. The summed E-state index contributed by atoms with van der Waals surface area (Å²) in [5, 5.41) is 9.83. The molecule has 0 saturated heterocycles. The number of hydrogen-bond donors (Lipinski definition) is 1. The van der Waals surface area contributed by atoms with E-state index in [0.717, 1.165) is 0 Å². The first-order valence-electron chi connectivity index (χ1n) is 4.64. The number of hydrogen-bond acceptors (Lipinski definition) is 2. The molecule has 1 aliphatic carbocycles. The van der Waals surface area contributed by atoms with Gasteiger partial charge in [0.25, 0.3) is 0 Å². The van der Waals surface area contributed by atoms with Gasteiger partial charge in [-0.2, -0.15) is 0 Å². The molecule has 2 rings (SSSR count). The Hall–Kier alpha value is -1.09. The molecule has 1 saturated carbocycles. The zero-order valence-electron chi connectivity index (χ0n) is 8.30. The Labute approximate surface area is 82.3 Å². The first-order valence-corrected chi connectivity index (χ1v) is 4.64. The molecule has 1 fully saturated rings. The van der Waals surface area contributed by atoms with Crippen molar-refractivity contribution >= 4 is 0 Å². The molecule has 0 heterocycles. The predicted octanol–water partition coefficient (Wildman–Crippen LogP) is 2.12. The SMILES string of the molecule is COc1cc(C)c(F)c(C2(O)CC2)c1. The normalized spacial score (nSPS) is 18.0. The second-order valence-electron chi connectivity index (χ2n) is 3.84. The molecule has 0 aromatic heterocycles. The number of benzene rings is 1. The zero-order chi connectivity index (χ0) is 10.3. The average molecular weight is 196 g/mol. The molecule has 0 radical (unpaired) electrons. The van der Waals surface area contributed by atoms with Gasteiger partial charge in [0.1, 0.15) is 11.6 Å². The molecule has 0 unspecified atom stereocenters. The fourth-order valence-corrected chi connectivity index (χ4v) is 1.58. The lowest BCUT2D eigenvalue weighted by Gasteiger charge is -2.13. The molecule has 1 N–H and O–H groups in total. The topological polar surface area (TPSA) is 29.5 Å². The van der Waals surface area contributed by atoms with Crippen molar-refractivity contribution in [2.24, 2.45) is 0 Å². The van der Waals surface area contributed by atoms with Crippen LogP contribution in [0.4, 0.5) is 4.39 Å². The Bertz CT molecular complexity index is 370. The van der Waals surface area contributed by atoms with Gasteiger partial charge in [-0.3, -0.25) is 0 Å². The van der Waals surface area contributed by atoms with Gasteiger partial charge in [0.2, 0.25) is 0 Å². The van der Waals surface area contributed by atoms with Gasteiger partial charge >= 0.3 is 0 Å². The Morgan fingerprint density at radius 2 is 2.07 bits per heavy atom. The summed E-state index contributed by atoms with van der Waals surface area (Å²) in [6, 6.07) is 3.21. The maximum absolute atomic E-state index is 13.6. The van der Waals surface area contributed by atoms with E-state index in [9.17, 15) is 9.50 Å². The van der Waals surface area contributed by atoms with Gasteiger partial charge in [0.05, 0.1) is 12.7 Å². The summed E-state index contributed by atoms with van der Waals surface area (Å²) in [7, 11) is 1.54. The fourth-order valence-electron chi connectivity index (χ4n) is 1.58. The summed E-state index contributed by atoms with van der Waals surface area (Å²) in [5.41, 5.74) is -0.0577. The van der Waals surface area contributed by atoms with E-state index in [1.807, 2.05) is 0 Å². The van der Waals surface area contributed by atoms with Crippen LogP contribution in [0, 0.1) is 12.7 Å². The minimum Gasteiger partial charge on any atom is -0.497 e. The highest BCUT2D eigenvalue weighted by Gasteiger charge is 2.44. The minimum absolute atomic E-state index is 0.314. The van der Waals surface area contributed by atoms with Crippen molar-refractivity contribution in [1.82, 2.24) is 0 Å². The van der Waals surface area contributed by atoms with E-state index in [4.69, 9.17) is 4.74 Å². The number of methoxy groups -OCH3 is 1. The summed E-state index contributed by atoms with van der Waals surface area (Å²) in [5.74, 6) is 0.282. The summed E-state index contributed by atoms with van der Waals surface area (Å²) in [6.07, 6.45) is 1.27. The first-order chi connectivity index (χ1) is 6.57. The highest BCUT2D eigenvalue weighted by atomic mass is 19.1. The largest absolute Gasteiger partial charge is 0.497 e. The van der Waals surface area contributed by atoms with E-state index in [0.29, 0.717) is 29.7 Å². The molecule has 1 aliphatic rings. The van der Waals surface area contributed by atoms with E-state index in [1.54, 1.807) is 19.1 Å². The van der Waals surface area contributed by atoms with Crippen LogP contribution in [0.15, 0.2) is 12.1 Å². The van der Waals surface area contributed by atoms with Crippen LogP contribution >= 0.6 is 0 Å². The van der Waals surface area contributed by atoms with Gasteiger partial charge in [0.15, 0.2) is 0 Å². The standard InChI is InChI=1S/C11H13FO2/c1-7-5-8(14-2)6-9(10(7)12)11(13)3-4-11/h5-6,13H,3-4H2,1-2H3. The van der Waals surface area contributed by atoms with Gasteiger partial charge in [0, 0.05) is 5.56 Å². The molecule has 0 amide bonds. The quantitative estimate of drug-likeness (QED) is 0.785. The monoisotopic (exact) mass is 196 g/mol. The first kappa shape index (κ1) is 9.46. The predicted molar refractivity (Wildman–Crippen MR) is 50.8 cm³/mol. The third kappa shape index (κ3) is 1.38. The highest BCUT2D eigenvalue weighted by molar-refractivity contribution is 5.40. The van der Waals surface area contributed by atoms with Gasteiger partial charge in [-0.1, -0.05) is 0 Å². The summed E-state index contributed by atoms with van der Waals surface area (Å²) in [4.78, 5) is 0. The van der Waals surface area contributed by atoms with E-state index >= 15 is 0 Å². The second-order valence-corrected chi connectivity index (χ2v) is 3.84. The van der Waals surface area contributed by atoms with Crippen molar-refractivity contribution in [2.75, 3.05) is 7.11 Å². The molecule has 0 bridgehead atoms. The molecule has 2 nitrogen and oxygen atoms in total. The molecular formula is C11H13FO2. The van der Waals surface area contributed by atoms with Crippen LogP contribution < -0.4 is 4.74 Å². The van der Waals surface area contributed by atoms with Crippen LogP contribution in [0.1, 0.15) is 24.0 Å². The molecule has 0 aliphatic heterocycles. The number of rotatable bonds is 2. The lowest BCUT2D eigenvalue weighted by molar-refractivity contribution is 0.146. The van der Waals surface area contributed by atoms with Crippen LogP contribution in [0.3, 0.4) is 0 Å². The smallest absolute Gasteiger partial charge is 0.132 e. The average Bonchev–Trinajstić information content (AvgIpc) is 2.89. The van der Waals surface area contributed by atoms with Crippen LogP contribution in [0.2, 0.25) is 0 Å². The van der Waals surface area contributed by atoms with Gasteiger partial charge in [-0.05, 0) is 37.5 Å². The Morgan fingerprint density at radius 1 is 1.43 bits per heavy atom. The molecule has 0 spiro atoms. The summed E-state index contributed by atoms with van der Waals surface area (Å²) < 4.78 is 18.7. The lowest BCUT2D eigenvalue weighted by atomic mass is 10.0. The van der Waals surface area contributed by atoms with Crippen LogP contribution in [-0.4, -0.2) is 12.2 Å². The Kier molecular flexibility index (Phi) is 2.00. The molecule has 1 aromatic rings. The Balaban J connectivity index is 2.52. The van der Waals surface area contributed by atoms with E-state index in [-0.39, 0.29) is 5.82 Å². The Morgan fingerprint density at radius 3 is 2.57 bits per heavy atom.